The van der Waals surface area contributed by atoms with E-state index in [0.29, 0.717) is 5.56 Å². The number of amides is 2. The first-order chi connectivity index (χ1) is 19.2. The van der Waals surface area contributed by atoms with Crippen LogP contribution in [0, 0.1) is 11.8 Å². The van der Waals surface area contributed by atoms with Crippen LogP contribution < -0.4 is 4.90 Å². The van der Waals surface area contributed by atoms with Crippen LogP contribution in [0.2, 0.25) is 0 Å². The molecule has 1 aliphatic carbocycles. The number of methoxy groups -OCH3 is 2. The second-order valence-electron chi connectivity index (χ2n) is 9.66. The summed E-state index contributed by atoms with van der Waals surface area (Å²) in [6.07, 6.45) is -1.10. The van der Waals surface area contributed by atoms with Gasteiger partial charge in [0.05, 0.1) is 49.0 Å². The molecule has 1 spiro atoms. The highest BCUT2D eigenvalue weighted by Gasteiger charge is 2.74. The Labute approximate surface area is 227 Å². The minimum absolute atomic E-state index is 0.106. The summed E-state index contributed by atoms with van der Waals surface area (Å²) in [4.78, 5) is 81.5. The van der Waals surface area contributed by atoms with Gasteiger partial charge < -0.3 is 14.2 Å². The zero-order valence-corrected chi connectivity index (χ0v) is 21.3. The van der Waals surface area contributed by atoms with Crippen LogP contribution in [0.3, 0.4) is 0 Å². The monoisotopic (exact) mass is 539 g/mol. The summed E-state index contributed by atoms with van der Waals surface area (Å²) in [5.74, 6) is -7.33. The van der Waals surface area contributed by atoms with E-state index in [-0.39, 0.29) is 27.9 Å². The van der Waals surface area contributed by atoms with Crippen LogP contribution in [0.5, 0.6) is 0 Å². The molecule has 0 aromatic heterocycles. The van der Waals surface area contributed by atoms with Gasteiger partial charge in [-0.1, -0.05) is 54.6 Å². The number of rotatable bonds is 4. The van der Waals surface area contributed by atoms with Crippen molar-refractivity contribution in [3.05, 3.63) is 101 Å². The normalized spacial score (nSPS) is 22.4. The van der Waals surface area contributed by atoms with Crippen molar-refractivity contribution in [3.63, 3.8) is 0 Å². The van der Waals surface area contributed by atoms with Crippen molar-refractivity contribution in [1.29, 1.82) is 0 Å². The largest absolute Gasteiger partial charge is 0.465 e. The van der Waals surface area contributed by atoms with Gasteiger partial charge >= 0.3 is 11.9 Å². The average molecular weight is 539 g/mol. The molecule has 3 aromatic carbocycles. The van der Waals surface area contributed by atoms with Crippen molar-refractivity contribution >= 4 is 41.0 Å². The lowest BCUT2D eigenvalue weighted by Crippen LogP contribution is -2.51. The lowest BCUT2D eigenvalue weighted by Gasteiger charge is -2.27. The van der Waals surface area contributed by atoms with Crippen LogP contribution >= 0.6 is 0 Å². The second-order valence-corrected chi connectivity index (χ2v) is 9.66. The lowest BCUT2D eigenvalue weighted by molar-refractivity contribution is -0.127. The number of imide groups is 1. The predicted molar refractivity (Wildman–Crippen MR) is 137 cm³/mol. The summed E-state index contributed by atoms with van der Waals surface area (Å²) in [5, 5.41) is 0. The molecule has 40 heavy (non-hydrogen) atoms. The van der Waals surface area contributed by atoms with Crippen molar-refractivity contribution in [3.8, 4) is 0 Å². The Bertz CT molecular complexity index is 1570. The Kier molecular flexibility index (Phi) is 5.74. The maximum absolute atomic E-state index is 14.2. The van der Waals surface area contributed by atoms with E-state index in [1.54, 1.807) is 42.5 Å². The van der Waals surface area contributed by atoms with Gasteiger partial charge in [0.15, 0.2) is 0 Å². The van der Waals surface area contributed by atoms with Crippen molar-refractivity contribution in [2.24, 2.45) is 11.8 Å². The molecule has 3 aliphatic rings. The van der Waals surface area contributed by atoms with Gasteiger partial charge in [0.25, 0.3) is 0 Å². The summed E-state index contributed by atoms with van der Waals surface area (Å²) in [5.41, 5.74) is -1.84. The Morgan fingerprint density at radius 3 is 1.80 bits per heavy atom. The number of anilines is 1. The number of ether oxygens (including phenoxy) is 3. The standard InChI is InChI=1S/C30H21NO9/c1-38-28(36)16-12-17(29(37)39-2)14-18(13-16)31-26(34)21-22(27(31)35)30(40-23(21)15-8-4-3-5-9-15)24(32)19-10-6-7-11-20(19)25(30)33/h3-14,21-23H,1-2H3. The van der Waals surface area contributed by atoms with Crippen LogP contribution in [0.1, 0.15) is 53.1 Å². The van der Waals surface area contributed by atoms with Gasteiger partial charge in [0, 0.05) is 11.1 Å². The van der Waals surface area contributed by atoms with E-state index in [1.807, 2.05) is 0 Å². The molecular weight excluding hydrogens is 518 g/mol. The molecule has 2 saturated heterocycles. The third-order valence-corrected chi connectivity index (χ3v) is 7.67. The Balaban J connectivity index is 1.54. The second kappa shape index (κ2) is 9.06. The third kappa shape index (κ3) is 3.32. The Morgan fingerprint density at radius 1 is 0.750 bits per heavy atom. The molecule has 2 amide bonds. The molecule has 0 bridgehead atoms. The quantitative estimate of drug-likeness (QED) is 0.279. The van der Waals surface area contributed by atoms with Gasteiger partial charge in [-0.15, -0.1) is 0 Å². The van der Waals surface area contributed by atoms with Crippen molar-refractivity contribution in [2.75, 3.05) is 19.1 Å². The minimum Gasteiger partial charge on any atom is -0.465 e. The van der Waals surface area contributed by atoms with Crippen molar-refractivity contribution < 1.29 is 43.0 Å². The van der Waals surface area contributed by atoms with Gasteiger partial charge in [-0.05, 0) is 23.8 Å². The number of fused-ring (bicyclic) bond motifs is 3. The highest BCUT2D eigenvalue weighted by Crippen LogP contribution is 2.57. The number of hydrogen-bond acceptors (Lipinski definition) is 9. The number of nitrogens with zero attached hydrogens (tertiary/aromatic N) is 1. The summed E-state index contributed by atoms with van der Waals surface area (Å²) in [6.45, 7) is 0. The number of ketones is 2. The van der Waals surface area contributed by atoms with Crippen LogP contribution in [0.25, 0.3) is 0 Å². The molecule has 10 nitrogen and oxygen atoms in total. The summed E-state index contributed by atoms with van der Waals surface area (Å²) < 4.78 is 15.8. The molecule has 2 fully saturated rings. The van der Waals surface area contributed by atoms with Crippen molar-refractivity contribution in [2.45, 2.75) is 11.7 Å². The van der Waals surface area contributed by atoms with Crippen LogP contribution in [0.4, 0.5) is 5.69 Å². The highest BCUT2D eigenvalue weighted by atomic mass is 16.5. The number of carbonyl (C=O) groups excluding carboxylic acids is 6. The first kappa shape index (κ1) is 25.3. The fourth-order valence-electron chi connectivity index (χ4n) is 5.93. The number of carbonyl (C=O) groups is 6. The fraction of sp³-hybridized carbons (Fsp3) is 0.200. The van der Waals surface area contributed by atoms with Crippen LogP contribution in [-0.4, -0.2) is 55.1 Å². The average Bonchev–Trinajstić information content (AvgIpc) is 3.56. The molecular formula is C30H21NO9. The summed E-state index contributed by atoms with van der Waals surface area (Å²) >= 11 is 0. The molecule has 10 heteroatoms. The maximum atomic E-state index is 14.2. The van der Waals surface area contributed by atoms with Gasteiger partial charge in [-0.25, -0.2) is 14.5 Å². The van der Waals surface area contributed by atoms with E-state index in [2.05, 4.69) is 0 Å². The Hall–Kier alpha value is -4.96. The zero-order valence-electron chi connectivity index (χ0n) is 21.3. The molecule has 0 N–H and O–H groups in total. The molecule has 3 aromatic rings. The van der Waals surface area contributed by atoms with E-state index >= 15 is 0 Å². The topological polar surface area (TPSA) is 133 Å². The third-order valence-electron chi connectivity index (χ3n) is 7.67. The zero-order chi connectivity index (χ0) is 28.3. The van der Waals surface area contributed by atoms with Gasteiger partial charge in [0.1, 0.15) is 0 Å². The van der Waals surface area contributed by atoms with Crippen LogP contribution in [-0.2, 0) is 23.8 Å². The molecule has 0 saturated carbocycles. The summed E-state index contributed by atoms with van der Waals surface area (Å²) in [6, 6.07) is 18.4. The maximum Gasteiger partial charge on any atom is 0.337 e. The number of benzene rings is 3. The van der Waals surface area contributed by atoms with E-state index in [0.717, 1.165) is 19.1 Å². The fourth-order valence-corrected chi connectivity index (χ4v) is 5.93. The molecule has 2 heterocycles. The molecule has 2 aliphatic heterocycles. The smallest absolute Gasteiger partial charge is 0.337 e. The van der Waals surface area contributed by atoms with E-state index in [4.69, 9.17) is 14.2 Å². The molecule has 6 rings (SSSR count). The number of hydrogen-bond donors (Lipinski definition) is 0. The molecule has 200 valence electrons. The van der Waals surface area contributed by atoms with E-state index < -0.39 is 58.9 Å². The summed E-state index contributed by atoms with van der Waals surface area (Å²) in [7, 11) is 2.29. The number of Topliss-reactive ketones (excluding diaryl/α,β-unsaturated/α-hetero) is 2. The molecule has 3 unspecified atom stereocenters. The minimum atomic E-state index is -2.25. The molecule has 0 radical (unpaired) electrons. The number of esters is 2. The molecule has 3 atom stereocenters. The first-order valence-electron chi connectivity index (χ1n) is 12.4. The van der Waals surface area contributed by atoms with Gasteiger partial charge in [0.2, 0.25) is 29.0 Å². The Morgan fingerprint density at radius 2 is 1.27 bits per heavy atom. The van der Waals surface area contributed by atoms with Crippen molar-refractivity contribution in [1.82, 2.24) is 0 Å². The van der Waals surface area contributed by atoms with Gasteiger partial charge in [-0.2, -0.15) is 0 Å². The van der Waals surface area contributed by atoms with Crippen LogP contribution in [0.15, 0.2) is 72.8 Å². The highest BCUT2D eigenvalue weighted by molar-refractivity contribution is 6.37. The van der Waals surface area contributed by atoms with E-state index in [9.17, 15) is 28.8 Å². The first-order valence-corrected chi connectivity index (χ1v) is 12.4. The SMILES string of the molecule is COC(=O)c1cc(C(=O)OC)cc(N2C(=O)C3C(c4ccccc4)OC4(C(=O)c5ccccc5C4=O)C3C2=O)c1. The van der Waals surface area contributed by atoms with Gasteiger partial charge in [-0.3, -0.25) is 19.2 Å². The van der Waals surface area contributed by atoms with E-state index in [1.165, 1.54) is 30.3 Å². The lowest BCUT2D eigenvalue weighted by atomic mass is 9.77. The predicted octanol–water partition coefficient (Wildman–Crippen LogP) is 2.95.